The van der Waals surface area contributed by atoms with E-state index >= 15 is 0 Å². The van der Waals surface area contributed by atoms with Gasteiger partial charge in [0.15, 0.2) is 5.16 Å². The third kappa shape index (κ3) is 7.45. The number of nitrogens with zero attached hydrogens (tertiary/aromatic N) is 6. The first-order valence-corrected chi connectivity index (χ1v) is 15.3. The van der Waals surface area contributed by atoms with Crippen LogP contribution in [0.5, 0.6) is 0 Å². The maximum absolute atomic E-state index is 13.4. The minimum absolute atomic E-state index is 0.315. The van der Waals surface area contributed by atoms with Gasteiger partial charge in [-0.15, -0.1) is 0 Å². The summed E-state index contributed by atoms with van der Waals surface area (Å²) in [6.07, 6.45) is 4.97. The lowest BCUT2D eigenvalue weighted by Gasteiger charge is -2.15. The summed E-state index contributed by atoms with van der Waals surface area (Å²) in [5.74, 6) is 0.923. The summed E-state index contributed by atoms with van der Waals surface area (Å²) in [7, 11) is 1.82. The molecule has 0 fully saturated rings. The van der Waals surface area contributed by atoms with Gasteiger partial charge in [-0.05, 0) is 52.1 Å². The van der Waals surface area contributed by atoms with Gasteiger partial charge in [0.25, 0.3) is 5.56 Å². The van der Waals surface area contributed by atoms with E-state index in [9.17, 15) is 22.4 Å². The molecule has 234 valence electrons. The van der Waals surface area contributed by atoms with E-state index < -0.39 is 11.7 Å². The van der Waals surface area contributed by atoms with Crippen molar-refractivity contribution in [2.24, 2.45) is 7.05 Å². The number of benzene rings is 3. The number of imidazole rings is 1. The van der Waals surface area contributed by atoms with Crippen LogP contribution in [0.25, 0.3) is 11.1 Å². The highest BCUT2D eigenvalue weighted by atomic mass is 32.2. The summed E-state index contributed by atoms with van der Waals surface area (Å²) in [5, 5.41) is 4.71. The number of aryl methyl sites for hydroxylation is 1. The summed E-state index contributed by atoms with van der Waals surface area (Å²) in [6, 6.07) is 19.0. The van der Waals surface area contributed by atoms with Crippen LogP contribution in [0.15, 0.2) is 114 Å². The van der Waals surface area contributed by atoms with Gasteiger partial charge in [-0.2, -0.15) is 23.3 Å². The van der Waals surface area contributed by atoms with Gasteiger partial charge in [-0.25, -0.2) is 9.37 Å². The van der Waals surface area contributed by atoms with E-state index in [1.165, 1.54) is 36.0 Å². The van der Waals surface area contributed by atoms with Crippen molar-refractivity contribution >= 4 is 11.8 Å². The lowest BCUT2D eigenvalue weighted by Crippen LogP contribution is -2.21. The number of thioether (sulfide) groups is 1. The molecule has 0 radical (unpaired) electrons. The molecule has 6 aromatic rings. The molecule has 0 aliphatic heterocycles. The quantitative estimate of drug-likeness (QED) is 0.0915. The standard InChI is InChI=1S/C34H28F4N6OS/c1-42-18-25(17-40-42)16-28-20-44(33(41-32(28)45)46-22-24-4-12-30(35)13-5-24)21-31-39-14-15-43(31)19-23-2-6-26(7-3-23)27-8-10-29(11-9-27)34(36,37)38/h2-15,17-18,20H,16,19,21-22H2,1H3. The predicted molar refractivity (Wildman–Crippen MR) is 168 cm³/mol. The molecule has 0 aliphatic carbocycles. The molecule has 0 bridgehead atoms. The minimum Gasteiger partial charge on any atom is -0.329 e. The first kappa shape index (κ1) is 31.0. The van der Waals surface area contributed by atoms with Crippen molar-refractivity contribution in [1.82, 2.24) is 28.9 Å². The number of rotatable bonds is 10. The van der Waals surface area contributed by atoms with Gasteiger partial charge >= 0.3 is 6.18 Å². The molecule has 0 N–H and O–H groups in total. The zero-order valence-electron chi connectivity index (χ0n) is 24.7. The van der Waals surface area contributed by atoms with Gasteiger partial charge in [0.2, 0.25) is 0 Å². The van der Waals surface area contributed by atoms with E-state index in [0.29, 0.717) is 41.5 Å². The molecule has 0 spiro atoms. The second-order valence-corrected chi connectivity index (χ2v) is 11.8. The third-order valence-corrected chi connectivity index (χ3v) is 8.49. The SMILES string of the molecule is Cn1cc(Cc2cn(Cc3nccn3Cc3ccc(-c4ccc(C(F)(F)F)cc4)cc3)c(SCc3ccc(F)cc3)nc2=O)cn1. The second-order valence-electron chi connectivity index (χ2n) is 10.8. The van der Waals surface area contributed by atoms with Crippen LogP contribution in [-0.2, 0) is 38.5 Å². The molecule has 6 rings (SSSR count). The van der Waals surface area contributed by atoms with E-state index in [2.05, 4.69) is 15.1 Å². The average molecular weight is 645 g/mol. The maximum Gasteiger partial charge on any atom is 0.416 e. The van der Waals surface area contributed by atoms with Crippen molar-refractivity contribution in [3.8, 4) is 11.1 Å². The Bertz CT molecular complexity index is 2000. The third-order valence-electron chi connectivity index (χ3n) is 7.43. The Balaban J connectivity index is 1.23. The Morgan fingerprint density at radius 1 is 0.804 bits per heavy atom. The van der Waals surface area contributed by atoms with Crippen LogP contribution in [0.3, 0.4) is 0 Å². The normalized spacial score (nSPS) is 11.7. The van der Waals surface area contributed by atoms with Crippen molar-refractivity contribution in [2.45, 2.75) is 36.6 Å². The number of alkyl halides is 3. The topological polar surface area (TPSA) is 70.5 Å². The smallest absolute Gasteiger partial charge is 0.329 e. The highest BCUT2D eigenvalue weighted by Crippen LogP contribution is 2.31. The number of hydrogen-bond donors (Lipinski definition) is 0. The highest BCUT2D eigenvalue weighted by molar-refractivity contribution is 7.98. The number of hydrogen-bond acceptors (Lipinski definition) is 5. The molecular formula is C34H28F4N6OS. The molecule has 12 heteroatoms. The van der Waals surface area contributed by atoms with E-state index in [1.807, 2.05) is 59.0 Å². The van der Waals surface area contributed by atoms with Crippen molar-refractivity contribution in [2.75, 3.05) is 0 Å². The number of aromatic nitrogens is 6. The fourth-order valence-electron chi connectivity index (χ4n) is 5.02. The average Bonchev–Trinajstić information content (AvgIpc) is 3.66. The predicted octanol–water partition coefficient (Wildman–Crippen LogP) is 6.98. The van der Waals surface area contributed by atoms with Crippen LogP contribution in [-0.4, -0.2) is 28.9 Å². The maximum atomic E-state index is 13.4. The molecule has 7 nitrogen and oxygen atoms in total. The first-order valence-electron chi connectivity index (χ1n) is 14.3. The Labute approximate surface area is 266 Å². The molecule has 0 atom stereocenters. The van der Waals surface area contributed by atoms with Crippen molar-refractivity contribution in [3.05, 3.63) is 154 Å². The summed E-state index contributed by atoms with van der Waals surface area (Å²) in [5.41, 5.74) is 3.80. The fourth-order valence-corrected chi connectivity index (χ4v) is 5.94. The zero-order chi connectivity index (χ0) is 32.3. The molecule has 0 unspecified atom stereocenters. The highest BCUT2D eigenvalue weighted by Gasteiger charge is 2.30. The lowest BCUT2D eigenvalue weighted by molar-refractivity contribution is -0.137. The van der Waals surface area contributed by atoms with Crippen LogP contribution < -0.4 is 5.56 Å². The summed E-state index contributed by atoms with van der Waals surface area (Å²) in [6.45, 7) is 0.854. The minimum atomic E-state index is -4.38. The Morgan fingerprint density at radius 2 is 1.48 bits per heavy atom. The van der Waals surface area contributed by atoms with E-state index in [0.717, 1.165) is 40.2 Å². The molecule has 0 saturated heterocycles. The summed E-state index contributed by atoms with van der Waals surface area (Å²) in [4.78, 5) is 22.1. The zero-order valence-corrected chi connectivity index (χ0v) is 25.5. The van der Waals surface area contributed by atoms with Crippen molar-refractivity contribution in [1.29, 1.82) is 0 Å². The molecule has 3 aromatic carbocycles. The lowest BCUT2D eigenvalue weighted by atomic mass is 10.0. The van der Waals surface area contributed by atoms with Crippen LogP contribution in [0.1, 0.15) is 33.6 Å². The number of halogens is 4. The van der Waals surface area contributed by atoms with Gasteiger partial charge in [0.1, 0.15) is 11.6 Å². The summed E-state index contributed by atoms with van der Waals surface area (Å²) >= 11 is 1.39. The van der Waals surface area contributed by atoms with Crippen LogP contribution in [0, 0.1) is 5.82 Å². The van der Waals surface area contributed by atoms with Gasteiger partial charge in [-0.1, -0.05) is 60.3 Å². The van der Waals surface area contributed by atoms with Crippen molar-refractivity contribution in [3.63, 3.8) is 0 Å². The molecule has 46 heavy (non-hydrogen) atoms. The molecule has 3 heterocycles. The van der Waals surface area contributed by atoms with Gasteiger partial charge in [0, 0.05) is 56.1 Å². The first-order chi connectivity index (χ1) is 22.1. The van der Waals surface area contributed by atoms with E-state index in [4.69, 9.17) is 0 Å². The molecule has 0 aliphatic rings. The molecule has 0 saturated carbocycles. The van der Waals surface area contributed by atoms with E-state index in [-0.39, 0.29) is 11.4 Å². The molecule has 3 aromatic heterocycles. The van der Waals surface area contributed by atoms with Crippen LogP contribution in [0.4, 0.5) is 17.6 Å². The monoisotopic (exact) mass is 644 g/mol. The van der Waals surface area contributed by atoms with Crippen LogP contribution in [0.2, 0.25) is 0 Å². The Morgan fingerprint density at radius 3 is 2.13 bits per heavy atom. The van der Waals surface area contributed by atoms with Gasteiger partial charge < -0.3 is 9.13 Å². The van der Waals surface area contributed by atoms with Gasteiger partial charge in [-0.3, -0.25) is 9.48 Å². The van der Waals surface area contributed by atoms with Crippen LogP contribution >= 0.6 is 11.8 Å². The van der Waals surface area contributed by atoms with Crippen molar-refractivity contribution < 1.29 is 17.6 Å². The largest absolute Gasteiger partial charge is 0.416 e. The second kappa shape index (κ2) is 13.2. The van der Waals surface area contributed by atoms with Gasteiger partial charge in [0.05, 0.1) is 18.3 Å². The fraction of sp³-hybridized carbons (Fsp3) is 0.176. The molecule has 0 amide bonds. The Kier molecular flexibility index (Phi) is 8.89. The van der Waals surface area contributed by atoms with E-state index in [1.54, 1.807) is 29.2 Å². The Hall–Kier alpha value is -4.97. The molecular weight excluding hydrogens is 616 g/mol. The summed E-state index contributed by atoms with van der Waals surface area (Å²) < 4.78 is 57.9.